The van der Waals surface area contributed by atoms with E-state index in [4.69, 9.17) is 0 Å². The minimum atomic E-state index is -0.372. The SMILES string of the molecule is CC(c1ccccc1)N(C)C(=O)c1ccc2c(c1)C(=O)N(C)C2=O. The molecular weight excluding hydrogens is 304 g/mol. The van der Waals surface area contributed by atoms with Crippen molar-refractivity contribution in [2.24, 2.45) is 0 Å². The second kappa shape index (κ2) is 5.92. The first-order valence-corrected chi connectivity index (χ1v) is 7.70. The first kappa shape index (κ1) is 15.9. The summed E-state index contributed by atoms with van der Waals surface area (Å²) in [6, 6.07) is 14.3. The molecule has 5 heteroatoms. The summed E-state index contributed by atoms with van der Waals surface area (Å²) < 4.78 is 0. The Kier molecular flexibility index (Phi) is 3.93. The standard InChI is InChI=1S/C19H18N2O3/c1-12(13-7-5-4-6-8-13)20(2)17(22)14-9-10-15-16(11-14)19(24)21(3)18(15)23/h4-12H,1-3H3. The van der Waals surface area contributed by atoms with Gasteiger partial charge in [0, 0.05) is 19.7 Å². The van der Waals surface area contributed by atoms with E-state index in [-0.39, 0.29) is 29.3 Å². The van der Waals surface area contributed by atoms with Crippen LogP contribution >= 0.6 is 0 Å². The quantitative estimate of drug-likeness (QED) is 0.817. The number of hydrogen-bond donors (Lipinski definition) is 0. The molecule has 1 aliphatic heterocycles. The smallest absolute Gasteiger partial charge is 0.261 e. The maximum absolute atomic E-state index is 12.7. The second-order valence-electron chi connectivity index (χ2n) is 5.93. The molecule has 122 valence electrons. The molecule has 0 radical (unpaired) electrons. The van der Waals surface area contributed by atoms with Crippen LogP contribution in [-0.2, 0) is 0 Å². The van der Waals surface area contributed by atoms with Crippen molar-refractivity contribution in [2.45, 2.75) is 13.0 Å². The van der Waals surface area contributed by atoms with E-state index in [2.05, 4.69) is 0 Å². The minimum absolute atomic E-state index is 0.105. The molecule has 5 nitrogen and oxygen atoms in total. The number of fused-ring (bicyclic) bond motifs is 1. The van der Waals surface area contributed by atoms with Crippen molar-refractivity contribution in [2.75, 3.05) is 14.1 Å². The lowest BCUT2D eigenvalue weighted by Gasteiger charge is -2.25. The summed E-state index contributed by atoms with van der Waals surface area (Å²) in [5.74, 6) is -0.896. The minimum Gasteiger partial charge on any atom is -0.335 e. The molecule has 1 atom stereocenters. The summed E-state index contributed by atoms with van der Waals surface area (Å²) in [5.41, 5.74) is 2.06. The fourth-order valence-electron chi connectivity index (χ4n) is 2.83. The highest BCUT2D eigenvalue weighted by molar-refractivity contribution is 6.21. The second-order valence-corrected chi connectivity index (χ2v) is 5.93. The molecule has 0 saturated carbocycles. The third-order valence-electron chi connectivity index (χ3n) is 4.52. The van der Waals surface area contributed by atoms with Crippen LogP contribution in [0, 0.1) is 0 Å². The van der Waals surface area contributed by atoms with Gasteiger partial charge in [-0.2, -0.15) is 0 Å². The van der Waals surface area contributed by atoms with Crippen molar-refractivity contribution in [3.8, 4) is 0 Å². The molecule has 1 aliphatic rings. The Hall–Kier alpha value is -2.95. The van der Waals surface area contributed by atoms with E-state index >= 15 is 0 Å². The van der Waals surface area contributed by atoms with Crippen molar-refractivity contribution >= 4 is 17.7 Å². The molecule has 0 aromatic heterocycles. The fraction of sp³-hybridized carbons (Fsp3) is 0.211. The third-order valence-corrected chi connectivity index (χ3v) is 4.52. The zero-order valence-corrected chi connectivity index (χ0v) is 13.8. The first-order chi connectivity index (χ1) is 11.4. The van der Waals surface area contributed by atoms with Gasteiger partial charge in [-0.3, -0.25) is 19.3 Å². The molecule has 3 rings (SSSR count). The van der Waals surface area contributed by atoms with Crippen LogP contribution in [0.5, 0.6) is 0 Å². The summed E-state index contributed by atoms with van der Waals surface area (Å²) in [6.45, 7) is 1.95. The van der Waals surface area contributed by atoms with E-state index < -0.39 is 0 Å². The summed E-state index contributed by atoms with van der Waals surface area (Å²) in [7, 11) is 3.17. The Bertz CT molecular complexity index is 830. The Morgan fingerprint density at radius 3 is 2.29 bits per heavy atom. The normalized spacial score (nSPS) is 14.5. The van der Waals surface area contributed by atoms with Gasteiger partial charge >= 0.3 is 0 Å². The number of benzene rings is 2. The molecule has 2 aromatic carbocycles. The lowest BCUT2D eigenvalue weighted by atomic mass is 10.0. The van der Waals surface area contributed by atoms with Crippen molar-refractivity contribution in [3.05, 3.63) is 70.8 Å². The number of imide groups is 1. The maximum Gasteiger partial charge on any atom is 0.261 e. The van der Waals surface area contributed by atoms with Gasteiger partial charge in [-0.05, 0) is 30.7 Å². The van der Waals surface area contributed by atoms with Gasteiger partial charge in [0.1, 0.15) is 0 Å². The van der Waals surface area contributed by atoms with E-state index in [1.807, 2.05) is 37.3 Å². The molecule has 1 unspecified atom stereocenters. The lowest BCUT2D eigenvalue weighted by molar-refractivity contribution is 0.0692. The predicted octanol–water partition coefficient (Wildman–Crippen LogP) is 2.75. The molecule has 0 aliphatic carbocycles. The molecule has 3 amide bonds. The van der Waals surface area contributed by atoms with E-state index in [1.165, 1.54) is 13.1 Å². The highest BCUT2D eigenvalue weighted by atomic mass is 16.2. The Morgan fingerprint density at radius 2 is 1.62 bits per heavy atom. The van der Waals surface area contributed by atoms with Crippen LogP contribution in [0.4, 0.5) is 0 Å². The van der Waals surface area contributed by atoms with E-state index in [9.17, 15) is 14.4 Å². The van der Waals surface area contributed by atoms with Crippen LogP contribution in [0.15, 0.2) is 48.5 Å². The van der Waals surface area contributed by atoms with Crippen LogP contribution in [0.25, 0.3) is 0 Å². The number of hydrogen-bond acceptors (Lipinski definition) is 3. The topological polar surface area (TPSA) is 57.7 Å². The summed E-state index contributed by atoms with van der Waals surface area (Å²) >= 11 is 0. The van der Waals surface area contributed by atoms with Gasteiger partial charge in [-0.1, -0.05) is 30.3 Å². The summed E-state index contributed by atoms with van der Waals surface area (Å²) in [6.07, 6.45) is 0. The third kappa shape index (κ3) is 2.48. The Balaban J connectivity index is 1.89. The van der Waals surface area contributed by atoms with Gasteiger partial charge in [-0.25, -0.2) is 0 Å². The van der Waals surface area contributed by atoms with Crippen LogP contribution in [0.2, 0.25) is 0 Å². The van der Waals surface area contributed by atoms with Crippen molar-refractivity contribution in [3.63, 3.8) is 0 Å². The van der Waals surface area contributed by atoms with Crippen molar-refractivity contribution in [1.82, 2.24) is 9.80 Å². The van der Waals surface area contributed by atoms with Gasteiger partial charge < -0.3 is 4.90 Å². The van der Waals surface area contributed by atoms with Crippen molar-refractivity contribution in [1.29, 1.82) is 0 Å². The summed E-state index contributed by atoms with van der Waals surface area (Å²) in [4.78, 5) is 39.4. The van der Waals surface area contributed by atoms with Gasteiger partial charge in [0.25, 0.3) is 17.7 Å². The molecule has 0 bridgehead atoms. The Labute approximate surface area is 140 Å². The Morgan fingerprint density at radius 1 is 1.00 bits per heavy atom. The average molecular weight is 322 g/mol. The molecule has 2 aromatic rings. The fourth-order valence-corrected chi connectivity index (χ4v) is 2.83. The number of carbonyl (C=O) groups is 3. The maximum atomic E-state index is 12.7. The van der Waals surface area contributed by atoms with Crippen LogP contribution in [-0.4, -0.2) is 41.6 Å². The number of amides is 3. The zero-order valence-electron chi connectivity index (χ0n) is 13.8. The number of carbonyl (C=O) groups excluding carboxylic acids is 3. The first-order valence-electron chi connectivity index (χ1n) is 7.70. The van der Waals surface area contributed by atoms with E-state index in [0.717, 1.165) is 10.5 Å². The van der Waals surface area contributed by atoms with Gasteiger partial charge in [0.15, 0.2) is 0 Å². The van der Waals surface area contributed by atoms with Crippen LogP contribution in [0.3, 0.4) is 0 Å². The molecule has 0 spiro atoms. The molecule has 24 heavy (non-hydrogen) atoms. The number of rotatable bonds is 3. The number of nitrogens with zero attached hydrogens (tertiary/aromatic N) is 2. The molecule has 0 fully saturated rings. The largest absolute Gasteiger partial charge is 0.335 e. The lowest BCUT2D eigenvalue weighted by Crippen LogP contribution is -2.29. The van der Waals surface area contributed by atoms with Gasteiger partial charge in [-0.15, -0.1) is 0 Å². The van der Waals surface area contributed by atoms with Crippen LogP contribution in [0.1, 0.15) is 49.6 Å². The van der Waals surface area contributed by atoms with Gasteiger partial charge in [0.2, 0.25) is 0 Å². The van der Waals surface area contributed by atoms with Crippen LogP contribution < -0.4 is 0 Å². The van der Waals surface area contributed by atoms with E-state index in [0.29, 0.717) is 11.1 Å². The average Bonchev–Trinajstić information content (AvgIpc) is 2.84. The molecule has 0 N–H and O–H groups in total. The van der Waals surface area contributed by atoms with Crippen molar-refractivity contribution < 1.29 is 14.4 Å². The molecular formula is C19H18N2O3. The van der Waals surface area contributed by atoms with E-state index in [1.54, 1.807) is 24.1 Å². The zero-order chi connectivity index (χ0) is 17.4. The molecule has 0 saturated heterocycles. The van der Waals surface area contributed by atoms with Gasteiger partial charge in [0.05, 0.1) is 17.2 Å². The predicted molar refractivity (Wildman–Crippen MR) is 89.8 cm³/mol. The monoisotopic (exact) mass is 322 g/mol. The molecule has 1 heterocycles. The highest BCUT2D eigenvalue weighted by Gasteiger charge is 2.33. The highest BCUT2D eigenvalue weighted by Crippen LogP contribution is 2.25. The summed E-state index contributed by atoms with van der Waals surface area (Å²) in [5, 5.41) is 0.